The number of hydrogen-bond acceptors (Lipinski definition) is 5. The van der Waals surface area contributed by atoms with Crippen LogP contribution in [0.2, 0.25) is 0 Å². The van der Waals surface area contributed by atoms with Gasteiger partial charge in [-0.25, -0.2) is 4.98 Å². The first-order valence-electron chi connectivity index (χ1n) is 8.31. The Balaban J connectivity index is 1.31. The van der Waals surface area contributed by atoms with Gasteiger partial charge in [0, 0.05) is 18.6 Å². The summed E-state index contributed by atoms with van der Waals surface area (Å²) in [6.07, 6.45) is 4.86. The summed E-state index contributed by atoms with van der Waals surface area (Å²) in [5.41, 5.74) is 1.60. The van der Waals surface area contributed by atoms with Gasteiger partial charge in [0.15, 0.2) is 5.58 Å². The van der Waals surface area contributed by atoms with E-state index < -0.39 is 0 Å². The minimum Gasteiger partial charge on any atom is -0.431 e. The van der Waals surface area contributed by atoms with E-state index in [2.05, 4.69) is 15.2 Å². The molecule has 2 saturated heterocycles. The predicted octanol–water partition coefficient (Wildman–Crippen LogP) is 2.66. The summed E-state index contributed by atoms with van der Waals surface area (Å²) in [5.74, 6) is 0.436. The number of carbonyl (C=O) groups excluding carboxylic acids is 1. The highest BCUT2D eigenvalue weighted by molar-refractivity contribution is 7.99. The Morgan fingerprint density at radius 1 is 1.30 bits per heavy atom. The molecule has 2 fully saturated rings. The number of carbonyl (C=O) groups is 1. The molecule has 23 heavy (non-hydrogen) atoms. The fourth-order valence-corrected chi connectivity index (χ4v) is 4.35. The average molecular weight is 331 g/mol. The van der Waals surface area contributed by atoms with E-state index in [9.17, 15) is 4.79 Å². The van der Waals surface area contributed by atoms with Crippen molar-refractivity contribution in [2.45, 2.75) is 43.0 Å². The fraction of sp³-hybridized carbons (Fsp3) is 0.529. The van der Waals surface area contributed by atoms with Crippen LogP contribution in [-0.2, 0) is 4.79 Å². The van der Waals surface area contributed by atoms with Gasteiger partial charge in [0.25, 0.3) is 5.22 Å². The molecule has 122 valence electrons. The molecule has 6 heteroatoms. The summed E-state index contributed by atoms with van der Waals surface area (Å²) in [4.78, 5) is 19.2. The Labute approximate surface area is 139 Å². The number of nitrogens with zero attached hydrogens (tertiary/aromatic N) is 2. The van der Waals surface area contributed by atoms with Crippen molar-refractivity contribution < 1.29 is 9.21 Å². The molecule has 2 aliphatic rings. The number of nitrogens with one attached hydrogen (secondary N) is 1. The SMILES string of the molecule is O=C(CSc1nc2ccccc2o1)N[C@@H]1CCN2CCCC[C@@H]12. The first-order valence-corrected chi connectivity index (χ1v) is 9.30. The monoisotopic (exact) mass is 331 g/mol. The zero-order valence-electron chi connectivity index (χ0n) is 13.0. The smallest absolute Gasteiger partial charge is 0.257 e. The highest BCUT2D eigenvalue weighted by Gasteiger charge is 2.36. The van der Waals surface area contributed by atoms with Gasteiger partial charge in [-0.1, -0.05) is 30.3 Å². The van der Waals surface area contributed by atoms with Crippen molar-refractivity contribution in [3.05, 3.63) is 24.3 Å². The van der Waals surface area contributed by atoms with E-state index in [-0.39, 0.29) is 5.91 Å². The Morgan fingerprint density at radius 3 is 3.13 bits per heavy atom. The van der Waals surface area contributed by atoms with Crippen molar-refractivity contribution in [1.29, 1.82) is 0 Å². The third kappa shape index (κ3) is 3.23. The van der Waals surface area contributed by atoms with Gasteiger partial charge in [0.2, 0.25) is 5.91 Å². The fourth-order valence-electron chi connectivity index (χ4n) is 3.70. The molecule has 0 unspecified atom stereocenters. The van der Waals surface area contributed by atoms with Crippen LogP contribution in [0.25, 0.3) is 11.1 Å². The van der Waals surface area contributed by atoms with Crippen molar-refractivity contribution in [1.82, 2.24) is 15.2 Å². The lowest BCUT2D eigenvalue weighted by Crippen LogP contribution is -2.47. The molecule has 1 aromatic heterocycles. The van der Waals surface area contributed by atoms with Crippen molar-refractivity contribution >= 4 is 28.8 Å². The Kier molecular flexibility index (Phi) is 4.27. The van der Waals surface area contributed by atoms with Crippen LogP contribution in [0, 0.1) is 0 Å². The molecule has 0 aliphatic carbocycles. The van der Waals surface area contributed by atoms with E-state index in [4.69, 9.17) is 4.42 Å². The summed E-state index contributed by atoms with van der Waals surface area (Å²) in [5, 5.41) is 3.77. The molecule has 3 heterocycles. The van der Waals surface area contributed by atoms with E-state index >= 15 is 0 Å². The van der Waals surface area contributed by atoms with Gasteiger partial charge < -0.3 is 9.73 Å². The number of benzene rings is 1. The number of oxazole rings is 1. The number of piperidine rings is 1. The number of amides is 1. The largest absolute Gasteiger partial charge is 0.431 e. The second-order valence-corrected chi connectivity index (χ2v) is 7.22. The lowest BCUT2D eigenvalue weighted by Gasteiger charge is -2.32. The molecule has 0 bridgehead atoms. The molecule has 1 N–H and O–H groups in total. The Hall–Kier alpha value is -1.53. The minimum atomic E-state index is 0.0784. The second kappa shape index (κ2) is 6.53. The van der Waals surface area contributed by atoms with Gasteiger partial charge in [-0.05, 0) is 37.9 Å². The maximum Gasteiger partial charge on any atom is 0.257 e. The Bertz CT molecular complexity index is 669. The second-order valence-electron chi connectivity index (χ2n) is 6.30. The van der Waals surface area contributed by atoms with Crippen molar-refractivity contribution in [2.24, 2.45) is 0 Å². The van der Waals surface area contributed by atoms with Gasteiger partial charge in [0.1, 0.15) is 5.52 Å². The van der Waals surface area contributed by atoms with Gasteiger partial charge in [-0.2, -0.15) is 0 Å². The molecule has 2 aromatic rings. The summed E-state index contributed by atoms with van der Waals surface area (Å²) in [7, 11) is 0. The number of thioether (sulfide) groups is 1. The Morgan fingerprint density at radius 2 is 2.22 bits per heavy atom. The zero-order valence-corrected chi connectivity index (χ0v) is 13.8. The topological polar surface area (TPSA) is 58.4 Å². The summed E-state index contributed by atoms with van der Waals surface area (Å²) in [6, 6.07) is 8.52. The molecule has 0 saturated carbocycles. The molecular weight excluding hydrogens is 310 g/mol. The van der Waals surface area contributed by atoms with Crippen LogP contribution in [0.4, 0.5) is 0 Å². The molecule has 2 aliphatic heterocycles. The molecule has 5 nitrogen and oxygen atoms in total. The van der Waals surface area contributed by atoms with E-state index in [1.807, 2.05) is 24.3 Å². The van der Waals surface area contributed by atoms with Gasteiger partial charge >= 0.3 is 0 Å². The van der Waals surface area contributed by atoms with Crippen LogP contribution in [0.1, 0.15) is 25.7 Å². The van der Waals surface area contributed by atoms with Crippen molar-refractivity contribution in [3.63, 3.8) is 0 Å². The lowest BCUT2D eigenvalue weighted by molar-refractivity contribution is -0.119. The van der Waals surface area contributed by atoms with Crippen LogP contribution >= 0.6 is 11.8 Å². The van der Waals surface area contributed by atoms with Crippen LogP contribution in [0.5, 0.6) is 0 Å². The van der Waals surface area contributed by atoms with Crippen LogP contribution in [0.3, 0.4) is 0 Å². The highest BCUT2D eigenvalue weighted by Crippen LogP contribution is 2.27. The number of para-hydroxylation sites is 2. The van der Waals surface area contributed by atoms with Crippen LogP contribution < -0.4 is 5.32 Å². The van der Waals surface area contributed by atoms with Crippen LogP contribution in [-0.4, -0.2) is 46.7 Å². The van der Waals surface area contributed by atoms with Crippen molar-refractivity contribution in [2.75, 3.05) is 18.8 Å². The standard InChI is InChI=1S/C17H21N3O2S/c21-16(18-12-8-10-20-9-4-3-6-14(12)20)11-23-17-19-13-5-1-2-7-15(13)22-17/h1-2,5,7,12,14H,3-4,6,8-11H2,(H,18,21)/t12-,14+/m1/s1. The van der Waals surface area contributed by atoms with E-state index in [1.54, 1.807) is 0 Å². The summed E-state index contributed by atoms with van der Waals surface area (Å²) < 4.78 is 5.64. The van der Waals surface area contributed by atoms with E-state index in [1.165, 1.54) is 37.6 Å². The summed E-state index contributed by atoms with van der Waals surface area (Å²) in [6.45, 7) is 2.31. The predicted molar refractivity (Wildman–Crippen MR) is 90.5 cm³/mol. The van der Waals surface area contributed by atoms with Gasteiger partial charge in [-0.15, -0.1) is 0 Å². The summed E-state index contributed by atoms with van der Waals surface area (Å²) >= 11 is 1.36. The number of rotatable bonds is 4. The maximum absolute atomic E-state index is 12.2. The average Bonchev–Trinajstić information content (AvgIpc) is 3.17. The highest BCUT2D eigenvalue weighted by atomic mass is 32.2. The zero-order chi connectivity index (χ0) is 15.6. The number of aromatic nitrogens is 1. The number of hydrogen-bond donors (Lipinski definition) is 1. The van der Waals surface area contributed by atoms with E-state index in [0.717, 1.165) is 24.1 Å². The molecule has 4 rings (SSSR count). The minimum absolute atomic E-state index is 0.0784. The maximum atomic E-state index is 12.2. The molecule has 1 amide bonds. The molecule has 0 radical (unpaired) electrons. The lowest BCUT2D eigenvalue weighted by atomic mass is 9.99. The normalized spacial score (nSPS) is 24.7. The van der Waals surface area contributed by atoms with Crippen molar-refractivity contribution in [3.8, 4) is 0 Å². The van der Waals surface area contributed by atoms with E-state index in [0.29, 0.717) is 23.1 Å². The third-order valence-electron chi connectivity index (χ3n) is 4.80. The first kappa shape index (κ1) is 15.0. The molecule has 0 spiro atoms. The molecular formula is C17H21N3O2S. The number of fused-ring (bicyclic) bond motifs is 2. The van der Waals surface area contributed by atoms with Gasteiger partial charge in [-0.3, -0.25) is 9.69 Å². The third-order valence-corrected chi connectivity index (χ3v) is 5.63. The molecule has 1 aromatic carbocycles. The van der Waals surface area contributed by atoms with Crippen LogP contribution in [0.15, 0.2) is 33.9 Å². The quantitative estimate of drug-likeness (QED) is 0.873. The van der Waals surface area contributed by atoms with Gasteiger partial charge in [0.05, 0.1) is 5.75 Å². The first-order chi connectivity index (χ1) is 11.3. The molecule has 2 atom stereocenters.